The van der Waals surface area contributed by atoms with Gasteiger partial charge in [0.1, 0.15) is 5.69 Å². The van der Waals surface area contributed by atoms with Gasteiger partial charge in [0.25, 0.3) is 0 Å². The van der Waals surface area contributed by atoms with Crippen molar-refractivity contribution >= 4 is 22.1 Å². The predicted octanol–water partition coefficient (Wildman–Crippen LogP) is 4.18. The Labute approximate surface area is 107 Å². The van der Waals surface area contributed by atoms with Crippen LogP contribution in [0.1, 0.15) is 19.4 Å². The predicted molar refractivity (Wildman–Crippen MR) is 76.6 cm³/mol. The van der Waals surface area contributed by atoms with E-state index in [2.05, 4.69) is 10.2 Å². The molecule has 0 atom stereocenters. The molecular weight excluding hydrogens is 226 g/mol. The number of phenolic OH excluding ortho intramolecular Hbond substituents is 1. The number of nitrogens with two attached hydrogens (primary N) is 1. The van der Waals surface area contributed by atoms with Crippen molar-refractivity contribution in [1.82, 2.24) is 0 Å². The molecule has 0 fully saturated rings. The van der Waals surface area contributed by atoms with Gasteiger partial charge in [0.15, 0.2) is 5.75 Å². The molecular formula is C14H19N3O. The fraction of sp³-hybridized carbons (Fsp3) is 0.286. The van der Waals surface area contributed by atoms with Crippen LogP contribution in [0.25, 0.3) is 10.8 Å². The Morgan fingerprint density at radius 1 is 1.22 bits per heavy atom. The van der Waals surface area contributed by atoms with Gasteiger partial charge in [-0.15, -0.1) is 0 Å². The lowest BCUT2D eigenvalue weighted by Crippen LogP contribution is -1.88. The fourth-order valence-electron chi connectivity index (χ4n) is 1.82. The average Bonchev–Trinajstić information content (AvgIpc) is 2.36. The van der Waals surface area contributed by atoms with E-state index in [-0.39, 0.29) is 5.75 Å². The van der Waals surface area contributed by atoms with E-state index in [0.29, 0.717) is 16.8 Å². The standard InChI is InChI=1S/C12H13N3O.C2H6/c1-7-6-8-4-3-5-9(13)10(8)12(16)11(7)15-14-2;1-2/h3-6,16H,13H2,1-2H3;1-2H3. The maximum Gasteiger partial charge on any atom is 0.153 e. The van der Waals surface area contributed by atoms with Crippen LogP contribution in [0, 0.1) is 6.92 Å². The lowest BCUT2D eigenvalue weighted by atomic mass is 10.0. The van der Waals surface area contributed by atoms with Crippen molar-refractivity contribution < 1.29 is 5.11 Å². The first-order valence-corrected chi connectivity index (χ1v) is 5.95. The first-order valence-electron chi connectivity index (χ1n) is 5.95. The third-order valence-electron chi connectivity index (χ3n) is 2.54. The van der Waals surface area contributed by atoms with Gasteiger partial charge >= 0.3 is 0 Å². The molecule has 0 aliphatic heterocycles. The van der Waals surface area contributed by atoms with Gasteiger partial charge in [-0.25, -0.2) is 0 Å². The lowest BCUT2D eigenvalue weighted by Gasteiger charge is -2.09. The van der Waals surface area contributed by atoms with Gasteiger partial charge < -0.3 is 10.8 Å². The summed E-state index contributed by atoms with van der Waals surface area (Å²) < 4.78 is 0. The van der Waals surface area contributed by atoms with E-state index in [1.54, 1.807) is 13.1 Å². The summed E-state index contributed by atoms with van der Waals surface area (Å²) in [5.41, 5.74) is 7.74. The molecule has 0 bridgehead atoms. The number of nitrogens with zero attached hydrogens (tertiary/aromatic N) is 2. The van der Waals surface area contributed by atoms with Crippen LogP contribution in [-0.4, -0.2) is 12.2 Å². The number of phenols is 1. The molecule has 0 aliphatic carbocycles. The van der Waals surface area contributed by atoms with Crippen LogP contribution in [0.3, 0.4) is 0 Å². The maximum atomic E-state index is 10.1. The van der Waals surface area contributed by atoms with Crippen LogP contribution >= 0.6 is 0 Å². The van der Waals surface area contributed by atoms with Crippen LogP contribution in [0.5, 0.6) is 5.75 Å². The molecule has 2 aromatic rings. The molecule has 0 spiro atoms. The van der Waals surface area contributed by atoms with Crippen molar-refractivity contribution in [3.63, 3.8) is 0 Å². The molecule has 0 amide bonds. The van der Waals surface area contributed by atoms with E-state index in [1.165, 1.54) is 0 Å². The lowest BCUT2D eigenvalue weighted by molar-refractivity contribution is 0.482. The van der Waals surface area contributed by atoms with Crippen LogP contribution in [0.2, 0.25) is 0 Å². The highest BCUT2D eigenvalue weighted by Crippen LogP contribution is 2.40. The van der Waals surface area contributed by atoms with Crippen molar-refractivity contribution in [3.8, 4) is 5.75 Å². The van der Waals surface area contributed by atoms with E-state index in [0.717, 1.165) is 10.9 Å². The van der Waals surface area contributed by atoms with Crippen LogP contribution < -0.4 is 5.73 Å². The quantitative estimate of drug-likeness (QED) is 0.584. The van der Waals surface area contributed by atoms with Crippen molar-refractivity contribution in [3.05, 3.63) is 29.8 Å². The number of hydrogen-bond acceptors (Lipinski definition) is 4. The maximum absolute atomic E-state index is 10.1. The fourth-order valence-corrected chi connectivity index (χ4v) is 1.82. The van der Waals surface area contributed by atoms with Crippen molar-refractivity contribution in [1.29, 1.82) is 0 Å². The SMILES string of the molecule is CC.CN=Nc1c(C)cc2cccc(N)c2c1O. The molecule has 4 heteroatoms. The smallest absolute Gasteiger partial charge is 0.153 e. The molecule has 2 rings (SSSR count). The van der Waals surface area contributed by atoms with Gasteiger partial charge in [-0.2, -0.15) is 10.2 Å². The summed E-state index contributed by atoms with van der Waals surface area (Å²) in [4.78, 5) is 0. The molecule has 2 aromatic carbocycles. The first kappa shape index (κ1) is 14.0. The van der Waals surface area contributed by atoms with Gasteiger partial charge in [-0.1, -0.05) is 26.0 Å². The van der Waals surface area contributed by atoms with Gasteiger partial charge in [-0.05, 0) is 30.0 Å². The largest absolute Gasteiger partial charge is 0.505 e. The Morgan fingerprint density at radius 3 is 2.50 bits per heavy atom. The van der Waals surface area contributed by atoms with Crippen LogP contribution in [-0.2, 0) is 0 Å². The molecule has 18 heavy (non-hydrogen) atoms. The summed E-state index contributed by atoms with van der Waals surface area (Å²) in [5.74, 6) is 0.0960. The summed E-state index contributed by atoms with van der Waals surface area (Å²) in [7, 11) is 1.57. The zero-order valence-corrected chi connectivity index (χ0v) is 11.2. The number of fused-ring (bicyclic) bond motifs is 1. The van der Waals surface area contributed by atoms with Crippen molar-refractivity contribution in [2.75, 3.05) is 12.8 Å². The summed E-state index contributed by atoms with van der Waals surface area (Å²) in [6, 6.07) is 7.46. The van der Waals surface area contributed by atoms with E-state index >= 15 is 0 Å². The molecule has 0 saturated heterocycles. The summed E-state index contributed by atoms with van der Waals surface area (Å²) in [6.07, 6.45) is 0. The topological polar surface area (TPSA) is 71.0 Å². The molecule has 0 unspecified atom stereocenters. The highest BCUT2D eigenvalue weighted by Gasteiger charge is 2.11. The minimum absolute atomic E-state index is 0.0960. The number of benzene rings is 2. The van der Waals surface area contributed by atoms with Gasteiger partial charge in [0.2, 0.25) is 0 Å². The zero-order valence-electron chi connectivity index (χ0n) is 11.2. The number of hydrogen-bond donors (Lipinski definition) is 2. The van der Waals surface area contributed by atoms with Crippen molar-refractivity contribution in [2.24, 2.45) is 10.2 Å². The Morgan fingerprint density at radius 2 is 1.89 bits per heavy atom. The summed E-state index contributed by atoms with van der Waals surface area (Å²) >= 11 is 0. The second-order valence-corrected chi connectivity index (χ2v) is 3.64. The monoisotopic (exact) mass is 245 g/mol. The third-order valence-corrected chi connectivity index (χ3v) is 2.54. The number of aromatic hydroxyl groups is 1. The van der Waals surface area contributed by atoms with Gasteiger partial charge in [0, 0.05) is 18.1 Å². The zero-order chi connectivity index (χ0) is 13.7. The molecule has 0 saturated carbocycles. The second-order valence-electron chi connectivity index (χ2n) is 3.64. The van der Waals surface area contributed by atoms with E-state index in [9.17, 15) is 5.11 Å². The molecule has 96 valence electrons. The number of azo groups is 1. The Hall–Kier alpha value is -2.10. The molecule has 0 radical (unpaired) electrons. The number of aryl methyl sites for hydroxylation is 1. The molecule has 3 N–H and O–H groups in total. The number of rotatable bonds is 1. The molecule has 0 aromatic heterocycles. The average molecular weight is 245 g/mol. The second kappa shape index (κ2) is 6.00. The Bertz CT molecular complexity index is 577. The third kappa shape index (κ3) is 2.42. The van der Waals surface area contributed by atoms with E-state index in [1.807, 2.05) is 39.0 Å². The highest BCUT2D eigenvalue weighted by atomic mass is 16.3. The number of anilines is 1. The normalized spacial score (nSPS) is 10.4. The Kier molecular flexibility index (Phi) is 4.66. The van der Waals surface area contributed by atoms with Gasteiger partial charge in [0.05, 0.1) is 0 Å². The van der Waals surface area contributed by atoms with Crippen molar-refractivity contribution in [2.45, 2.75) is 20.8 Å². The minimum atomic E-state index is 0.0960. The van der Waals surface area contributed by atoms with Crippen LogP contribution in [0.4, 0.5) is 11.4 Å². The summed E-state index contributed by atoms with van der Waals surface area (Å²) in [6.45, 7) is 5.88. The minimum Gasteiger partial charge on any atom is -0.505 e. The number of nitrogen functional groups attached to an aromatic ring is 1. The molecule has 0 heterocycles. The van der Waals surface area contributed by atoms with Crippen LogP contribution in [0.15, 0.2) is 34.5 Å². The highest BCUT2D eigenvalue weighted by molar-refractivity contribution is 6.01. The molecule has 0 aliphatic rings. The first-order chi connectivity index (χ1) is 8.65. The van der Waals surface area contributed by atoms with E-state index in [4.69, 9.17) is 5.73 Å². The molecule has 4 nitrogen and oxygen atoms in total. The van der Waals surface area contributed by atoms with Gasteiger partial charge in [-0.3, -0.25) is 0 Å². The Balaban J connectivity index is 0.000000771. The van der Waals surface area contributed by atoms with E-state index < -0.39 is 0 Å². The summed E-state index contributed by atoms with van der Waals surface area (Å²) in [5, 5.41) is 19.3.